The summed E-state index contributed by atoms with van der Waals surface area (Å²) in [5.41, 5.74) is 0. The van der Waals surface area contributed by atoms with Crippen LogP contribution < -0.4 is 0 Å². The maximum absolute atomic E-state index is 13.1. The Morgan fingerprint density at radius 1 is 0.479 bits per heavy atom. The zero-order valence-corrected chi connectivity index (χ0v) is 44.4. The van der Waals surface area contributed by atoms with Gasteiger partial charge in [-0.1, -0.05) is 190 Å². The van der Waals surface area contributed by atoms with E-state index < -0.39 is 67.3 Å². The van der Waals surface area contributed by atoms with Crippen LogP contribution in [-0.2, 0) is 42.9 Å². The van der Waals surface area contributed by atoms with Crippen LogP contribution in [0.5, 0.6) is 0 Å². The molecule has 1 rings (SSSR count). The second-order valence-corrected chi connectivity index (χ2v) is 18.8. The Bertz CT molecular complexity index is 1510. The Morgan fingerprint density at radius 2 is 0.887 bits per heavy atom. The van der Waals surface area contributed by atoms with Crippen molar-refractivity contribution in [2.75, 3.05) is 13.2 Å². The Balaban J connectivity index is 2.76. The summed E-state index contributed by atoms with van der Waals surface area (Å²) >= 11 is 0. The van der Waals surface area contributed by atoms with Gasteiger partial charge in [-0.2, -0.15) is 0 Å². The molecule has 6 atom stereocenters. The number of carboxylic acids is 1. The molecule has 0 aromatic carbocycles. The van der Waals surface area contributed by atoms with E-state index in [1.165, 1.54) is 57.8 Å². The van der Waals surface area contributed by atoms with Crippen LogP contribution >= 0.6 is 0 Å². The van der Waals surface area contributed by atoms with Crippen LogP contribution in [0.25, 0.3) is 0 Å². The van der Waals surface area contributed by atoms with E-state index in [0.717, 1.165) is 109 Å². The summed E-state index contributed by atoms with van der Waals surface area (Å²) in [4.78, 5) is 50.9. The molecule has 0 bridgehead atoms. The molecule has 0 spiro atoms. The van der Waals surface area contributed by atoms with Crippen molar-refractivity contribution in [1.29, 1.82) is 0 Å². The number of carbonyl (C=O) groups is 4. The lowest BCUT2D eigenvalue weighted by atomic mass is 9.98. The average molecular weight is 999 g/mol. The lowest BCUT2D eigenvalue weighted by molar-refractivity contribution is -0.301. The SMILES string of the molecule is CC/C=C\C/C=C\C/C=C\C/C=C\CCCCC(=O)OCC(COC1OC(C(=O)O)C(O)C(O)C1OC(=O)CCCCCCCCCCCCC)OC(=O)CCCCCCC/C=C\C/C=C\CCCCC. The van der Waals surface area contributed by atoms with Crippen molar-refractivity contribution in [3.05, 3.63) is 72.9 Å². The number of aliphatic hydroxyl groups excluding tert-OH is 2. The highest BCUT2D eigenvalue weighted by Gasteiger charge is 2.50. The highest BCUT2D eigenvalue weighted by molar-refractivity contribution is 5.74. The van der Waals surface area contributed by atoms with Gasteiger partial charge in [-0.15, -0.1) is 0 Å². The van der Waals surface area contributed by atoms with Crippen LogP contribution in [0.4, 0.5) is 0 Å². The number of hydrogen-bond donors (Lipinski definition) is 3. The number of carbonyl (C=O) groups excluding carboxylic acids is 3. The monoisotopic (exact) mass is 999 g/mol. The van der Waals surface area contributed by atoms with Crippen LogP contribution in [-0.4, -0.2) is 89.2 Å². The first-order valence-corrected chi connectivity index (χ1v) is 27.9. The van der Waals surface area contributed by atoms with Crippen LogP contribution in [0.1, 0.15) is 226 Å². The number of carboxylic acid groups (broad SMARTS) is 1. The third kappa shape index (κ3) is 37.6. The fraction of sp³-hybridized carbons (Fsp3) is 0.729. The molecule has 3 N–H and O–H groups in total. The summed E-state index contributed by atoms with van der Waals surface area (Å²) in [5, 5.41) is 31.4. The predicted molar refractivity (Wildman–Crippen MR) is 285 cm³/mol. The molecule has 0 aromatic rings. The van der Waals surface area contributed by atoms with Gasteiger partial charge in [0, 0.05) is 19.3 Å². The lowest BCUT2D eigenvalue weighted by Crippen LogP contribution is -2.61. The summed E-state index contributed by atoms with van der Waals surface area (Å²) in [7, 11) is 0. The molecule has 1 aliphatic heterocycles. The van der Waals surface area contributed by atoms with Crippen LogP contribution in [0.3, 0.4) is 0 Å². The summed E-state index contributed by atoms with van der Waals surface area (Å²) in [6.07, 6.45) is 46.0. The second kappa shape index (κ2) is 47.2. The standard InChI is InChI=1S/C59H98O12/c1-4-7-10-13-16-19-22-24-26-28-31-33-36-39-42-45-51(60)67-48-50(69-52(61)46-43-40-37-35-32-29-27-25-23-20-17-14-11-8-5-2)49-68-59-57(55(64)54(63)56(71-59)58(65)66)70-53(62)47-44-41-38-34-30-21-18-15-12-9-6-3/h7,10,16-17,19-20,24-27,31,33,50,54-57,59,63-64H,4-6,8-9,11-15,18,21-23,28-30,32,34-49H2,1-3H3,(H,65,66)/b10-7-,19-16-,20-17-,26-24-,27-25-,33-31-. The zero-order chi connectivity index (χ0) is 51.8. The van der Waals surface area contributed by atoms with E-state index in [2.05, 4.69) is 93.7 Å². The van der Waals surface area contributed by atoms with Crippen molar-refractivity contribution in [2.45, 2.75) is 263 Å². The van der Waals surface area contributed by atoms with E-state index in [-0.39, 0.29) is 25.9 Å². The molecular weight excluding hydrogens is 901 g/mol. The van der Waals surface area contributed by atoms with E-state index in [9.17, 15) is 34.5 Å². The maximum atomic E-state index is 13.1. The fourth-order valence-electron chi connectivity index (χ4n) is 7.98. The number of esters is 3. The van der Waals surface area contributed by atoms with E-state index in [0.29, 0.717) is 19.3 Å². The molecule has 0 aliphatic carbocycles. The molecule has 0 radical (unpaired) electrons. The van der Waals surface area contributed by atoms with Crippen molar-refractivity contribution >= 4 is 23.9 Å². The molecule has 406 valence electrons. The van der Waals surface area contributed by atoms with E-state index in [4.69, 9.17) is 23.7 Å². The van der Waals surface area contributed by atoms with Gasteiger partial charge >= 0.3 is 23.9 Å². The van der Waals surface area contributed by atoms with Gasteiger partial charge < -0.3 is 39.0 Å². The van der Waals surface area contributed by atoms with E-state index >= 15 is 0 Å². The number of hydrogen-bond acceptors (Lipinski definition) is 11. The van der Waals surface area contributed by atoms with Gasteiger partial charge in [0.1, 0.15) is 18.8 Å². The number of allylic oxidation sites excluding steroid dienone is 12. The van der Waals surface area contributed by atoms with Gasteiger partial charge in [0.15, 0.2) is 24.6 Å². The molecule has 1 saturated heterocycles. The third-order valence-corrected chi connectivity index (χ3v) is 12.3. The normalized spacial score (nSPS) is 19.0. The minimum absolute atomic E-state index is 0.0548. The smallest absolute Gasteiger partial charge is 0.335 e. The second-order valence-electron chi connectivity index (χ2n) is 18.8. The summed E-state index contributed by atoms with van der Waals surface area (Å²) < 4.78 is 28.3. The molecule has 71 heavy (non-hydrogen) atoms. The summed E-state index contributed by atoms with van der Waals surface area (Å²) in [6, 6.07) is 0. The first-order valence-electron chi connectivity index (χ1n) is 27.9. The summed E-state index contributed by atoms with van der Waals surface area (Å²) in [6.45, 7) is 5.78. The number of aliphatic carboxylic acids is 1. The zero-order valence-electron chi connectivity index (χ0n) is 44.4. The van der Waals surface area contributed by atoms with Gasteiger partial charge in [-0.05, 0) is 89.9 Å². The van der Waals surface area contributed by atoms with Crippen LogP contribution in [0.2, 0.25) is 0 Å². The Hall–Kier alpha value is -3.84. The van der Waals surface area contributed by atoms with Gasteiger partial charge in [-0.3, -0.25) is 14.4 Å². The Morgan fingerprint density at radius 3 is 1.41 bits per heavy atom. The molecule has 0 amide bonds. The highest BCUT2D eigenvalue weighted by Crippen LogP contribution is 2.26. The van der Waals surface area contributed by atoms with E-state index in [1.807, 2.05) is 0 Å². The minimum atomic E-state index is -1.91. The first-order chi connectivity index (χ1) is 34.6. The van der Waals surface area contributed by atoms with Crippen LogP contribution in [0.15, 0.2) is 72.9 Å². The molecule has 0 aromatic heterocycles. The first kappa shape index (κ1) is 65.2. The van der Waals surface area contributed by atoms with Gasteiger partial charge in [0.25, 0.3) is 0 Å². The molecule has 12 heteroatoms. The Labute approximate surface area is 429 Å². The largest absolute Gasteiger partial charge is 0.479 e. The average Bonchev–Trinajstić information content (AvgIpc) is 3.35. The fourth-order valence-corrected chi connectivity index (χ4v) is 7.98. The van der Waals surface area contributed by atoms with Crippen molar-refractivity contribution in [3.8, 4) is 0 Å². The number of aliphatic hydroxyl groups is 2. The molecule has 1 heterocycles. The molecule has 1 aliphatic rings. The number of unbranched alkanes of at least 4 members (excludes halogenated alkanes) is 20. The number of rotatable bonds is 46. The van der Waals surface area contributed by atoms with Gasteiger partial charge in [-0.25, -0.2) is 4.79 Å². The molecule has 12 nitrogen and oxygen atoms in total. The Kier molecular flexibility index (Phi) is 43.3. The van der Waals surface area contributed by atoms with Crippen molar-refractivity contribution in [1.82, 2.24) is 0 Å². The van der Waals surface area contributed by atoms with Crippen molar-refractivity contribution in [2.24, 2.45) is 0 Å². The predicted octanol–water partition coefficient (Wildman–Crippen LogP) is 13.8. The number of ether oxygens (including phenoxy) is 5. The quantitative estimate of drug-likeness (QED) is 0.0228. The van der Waals surface area contributed by atoms with Gasteiger partial charge in [0.05, 0.1) is 6.61 Å². The van der Waals surface area contributed by atoms with Crippen molar-refractivity contribution < 1.29 is 58.2 Å². The minimum Gasteiger partial charge on any atom is -0.479 e. The van der Waals surface area contributed by atoms with E-state index in [1.54, 1.807) is 0 Å². The summed E-state index contributed by atoms with van der Waals surface area (Å²) in [5.74, 6) is -3.19. The van der Waals surface area contributed by atoms with Crippen LogP contribution in [0, 0.1) is 0 Å². The topological polar surface area (TPSA) is 175 Å². The molecular formula is C59H98O12. The third-order valence-electron chi connectivity index (χ3n) is 12.3. The molecule has 6 unspecified atom stereocenters. The molecule has 0 saturated carbocycles. The lowest BCUT2D eigenvalue weighted by Gasteiger charge is -2.40. The van der Waals surface area contributed by atoms with Gasteiger partial charge in [0.2, 0.25) is 0 Å². The molecule has 1 fully saturated rings. The van der Waals surface area contributed by atoms with Crippen molar-refractivity contribution in [3.63, 3.8) is 0 Å². The maximum Gasteiger partial charge on any atom is 0.335 e. The highest BCUT2D eigenvalue weighted by atomic mass is 16.7.